The highest BCUT2D eigenvalue weighted by Crippen LogP contribution is 2.24. The second kappa shape index (κ2) is 8.68. The first-order valence-electron chi connectivity index (χ1n) is 8.82. The minimum absolute atomic E-state index is 0.0245. The summed E-state index contributed by atoms with van der Waals surface area (Å²) in [4.78, 5) is 29.3. The summed E-state index contributed by atoms with van der Waals surface area (Å²) in [6.07, 6.45) is 4.05. The van der Waals surface area contributed by atoms with E-state index < -0.39 is 21.7 Å². The van der Waals surface area contributed by atoms with Gasteiger partial charge in [0.2, 0.25) is 0 Å². The molecule has 1 aromatic carbocycles. The number of rotatable bonds is 6. The third kappa shape index (κ3) is 4.87. The highest BCUT2D eigenvalue weighted by Gasteiger charge is 2.20. The first kappa shape index (κ1) is 21.5. The van der Waals surface area contributed by atoms with E-state index in [1.807, 2.05) is 0 Å². The highest BCUT2D eigenvalue weighted by molar-refractivity contribution is 7.90. The van der Waals surface area contributed by atoms with Gasteiger partial charge in [-0.05, 0) is 43.3 Å². The number of hydrogen-bond donors (Lipinski definition) is 1. The van der Waals surface area contributed by atoms with Gasteiger partial charge in [0.05, 0.1) is 17.1 Å². The third-order valence-corrected chi connectivity index (χ3v) is 5.33. The van der Waals surface area contributed by atoms with Crippen LogP contribution in [0.15, 0.2) is 59.8 Å². The number of benzene rings is 1. The number of hydrogen-bond acceptors (Lipinski definition) is 6. The Morgan fingerprint density at radius 1 is 1.20 bits per heavy atom. The van der Waals surface area contributed by atoms with Gasteiger partial charge in [0, 0.05) is 29.4 Å². The summed E-state index contributed by atoms with van der Waals surface area (Å²) in [5.41, 5.74) is 0.490. The van der Waals surface area contributed by atoms with Crippen LogP contribution in [0.3, 0.4) is 0 Å². The van der Waals surface area contributed by atoms with Gasteiger partial charge in [-0.3, -0.25) is 9.36 Å². The third-order valence-electron chi connectivity index (χ3n) is 4.02. The van der Waals surface area contributed by atoms with Gasteiger partial charge in [-0.25, -0.2) is 18.2 Å². The summed E-state index contributed by atoms with van der Waals surface area (Å²) in [5.74, 6) is -0.733. The number of esters is 1. The predicted octanol–water partition coefficient (Wildman–Crippen LogP) is 3.36. The Morgan fingerprint density at radius 2 is 1.97 bits per heavy atom. The van der Waals surface area contributed by atoms with Crippen LogP contribution < -0.4 is 5.32 Å². The Balaban J connectivity index is 1.97. The zero-order chi connectivity index (χ0) is 21.9. The Labute approximate surface area is 178 Å². The predicted molar refractivity (Wildman–Crippen MR) is 112 cm³/mol. The number of pyridine rings is 1. The van der Waals surface area contributed by atoms with Crippen LogP contribution in [0.25, 0.3) is 5.82 Å². The molecule has 0 spiro atoms. The molecule has 0 bridgehead atoms. The lowest BCUT2D eigenvalue weighted by Gasteiger charge is -2.07. The van der Waals surface area contributed by atoms with Gasteiger partial charge in [0.25, 0.3) is 5.91 Å². The van der Waals surface area contributed by atoms with Gasteiger partial charge in [0.15, 0.2) is 9.84 Å². The lowest BCUT2D eigenvalue weighted by atomic mass is 10.2. The molecule has 0 aliphatic carbocycles. The number of carbonyl (C=O) groups is 2. The van der Waals surface area contributed by atoms with Crippen molar-refractivity contribution in [1.82, 2.24) is 9.55 Å². The molecule has 2 aromatic heterocycles. The Kier molecular flexibility index (Phi) is 6.23. The molecule has 10 heteroatoms. The summed E-state index contributed by atoms with van der Waals surface area (Å²) in [5, 5.41) is 2.76. The first-order chi connectivity index (χ1) is 14.2. The first-order valence-corrected chi connectivity index (χ1v) is 11.1. The maximum atomic E-state index is 12.8. The van der Waals surface area contributed by atoms with Crippen LogP contribution >= 0.6 is 11.6 Å². The van der Waals surface area contributed by atoms with E-state index in [9.17, 15) is 18.0 Å². The standard InChI is InChI=1S/C20H18ClN3O5S/c1-3-29-20(26)17-8-13(12-24(17)18-6-4-5-7-22-18)19(25)23-15-9-14(21)10-16(11-15)30(2,27)28/h4-12H,3H2,1-2H3,(H,23,25). The van der Waals surface area contributed by atoms with Crippen LogP contribution in [-0.4, -0.2) is 42.7 Å². The van der Waals surface area contributed by atoms with Gasteiger partial charge < -0.3 is 10.1 Å². The Hall–Kier alpha value is -3.17. The molecule has 0 aliphatic heterocycles. The fourth-order valence-corrected chi connectivity index (χ4v) is 3.67. The van der Waals surface area contributed by atoms with Crippen molar-refractivity contribution in [2.45, 2.75) is 11.8 Å². The molecule has 1 N–H and O–H groups in total. The highest BCUT2D eigenvalue weighted by atomic mass is 35.5. The smallest absolute Gasteiger partial charge is 0.355 e. The van der Waals surface area contributed by atoms with Crippen molar-refractivity contribution < 1.29 is 22.7 Å². The van der Waals surface area contributed by atoms with Crippen molar-refractivity contribution >= 4 is 39.0 Å². The SMILES string of the molecule is CCOC(=O)c1cc(C(=O)Nc2cc(Cl)cc(S(C)(=O)=O)c2)cn1-c1ccccn1. The summed E-state index contributed by atoms with van der Waals surface area (Å²) < 4.78 is 30.1. The van der Waals surface area contributed by atoms with E-state index in [1.165, 1.54) is 35.0 Å². The number of nitrogens with zero attached hydrogens (tertiary/aromatic N) is 2. The van der Waals surface area contributed by atoms with Crippen molar-refractivity contribution in [3.05, 3.63) is 71.1 Å². The molecular formula is C20H18ClN3O5S. The molecule has 0 atom stereocenters. The second-order valence-corrected chi connectivity index (χ2v) is 8.75. The van der Waals surface area contributed by atoms with E-state index in [0.717, 1.165) is 6.26 Å². The zero-order valence-electron chi connectivity index (χ0n) is 16.1. The molecule has 0 saturated carbocycles. The van der Waals surface area contributed by atoms with Gasteiger partial charge in [0.1, 0.15) is 11.5 Å². The number of aromatic nitrogens is 2. The minimum Gasteiger partial charge on any atom is -0.461 e. The summed E-state index contributed by atoms with van der Waals surface area (Å²) >= 11 is 5.98. The van der Waals surface area contributed by atoms with Crippen molar-refractivity contribution in [3.8, 4) is 5.82 Å². The molecule has 3 rings (SSSR count). The molecule has 0 saturated heterocycles. The lowest BCUT2D eigenvalue weighted by molar-refractivity contribution is 0.0517. The molecule has 2 heterocycles. The number of nitrogens with one attached hydrogen (secondary N) is 1. The molecule has 0 fully saturated rings. The van der Waals surface area contributed by atoms with E-state index in [1.54, 1.807) is 31.3 Å². The minimum atomic E-state index is -3.51. The normalized spacial score (nSPS) is 11.2. The van der Waals surface area contributed by atoms with Crippen LogP contribution in [0.2, 0.25) is 5.02 Å². The Bertz CT molecular complexity index is 1210. The van der Waals surface area contributed by atoms with Crippen molar-refractivity contribution in [1.29, 1.82) is 0 Å². The largest absolute Gasteiger partial charge is 0.461 e. The number of anilines is 1. The van der Waals surface area contributed by atoms with Crippen molar-refractivity contribution in [2.24, 2.45) is 0 Å². The van der Waals surface area contributed by atoms with E-state index in [0.29, 0.717) is 5.82 Å². The summed E-state index contributed by atoms with van der Waals surface area (Å²) in [6.45, 7) is 1.85. The average molecular weight is 448 g/mol. The van der Waals surface area contributed by atoms with E-state index in [2.05, 4.69) is 10.3 Å². The Morgan fingerprint density at radius 3 is 2.60 bits per heavy atom. The molecule has 30 heavy (non-hydrogen) atoms. The lowest BCUT2D eigenvalue weighted by Crippen LogP contribution is -2.12. The van der Waals surface area contributed by atoms with Crippen LogP contribution in [0, 0.1) is 0 Å². The monoisotopic (exact) mass is 447 g/mol. The fraction of sp³-hybridized carbons (Fsp3) is 0.150. The van der Waals surface area contributed by atoms with Gasteiger partial charge in [-0.1, -0.05) is 17.7 Å². The van der Waals surface area contributed by atoms with Crippen LogP contribution in [-0.2, 0) is 14.6 Å². The fourth-order valence-electron chi connectivity index (χ4n) is 2.69. The summed E-state index contributed by atoms with van der Waals surface area (Å²) in [7, 11) is -3.51. The van der Waals surface area contributed by atoms with E-state index in [-0.39, 0.29) is 33.5 Å². The number of halogens is 1. The average Bonchev–Trinajstić information content (AvgIpc) is 3.13. The molecule has 156 valence electrons. The van der Waals surface area contributed by atoms with E-state index in [4.69, 9.17) is 16.3 Å². The van der Waals surface area contributed by atoms with Gasteiger partial charge >= 0.3 is 5.97 Å². The maximum Gasteiger partial charge on any atom is 0.355 e. The van der Waals surface area contributed by atoms with Crippen molar-refractivity contribution in [3.63, 3.8) is 0 Å². The molecule has 1 amide bonds. The second-order valence-electron chi connectivity index (χ2n) is 6.29. The molecular weight excluding hydrogens is 430 g/mol. The quantitative estimate of drug-likeness (QED) is 0.580. The van der Waals surface area contributed by atoms with Crippen molar-refractivity contribution in [2.75, 3.05) is 18.2 Å². The molecule has 8 nitrogen and oxygen atoms in total. The number of sulfone groups is 1. The summed E-state index contributed by atoms with van der Waals surface area (Å²) in [6, 6.07) is 10.6. The number of carbonyl (C=O) groups excluding carboxylic acids is 2. The van der Waals surface area contributed by atoms with Crippen LogP contribution in [0.1, 0.15) is 27.8 Å². The van der Waals surface area contributed by atoms with E-state index >= 15 is 0 Å². The molecule has 0 radical (unpaired) electrons. The molecule has 0 aliphatic rings. The van der Waals surface area contributed by atoms with Crippen LogP contribution in [0.5, 0.6) is 0 Å². The zero-order valence-corrected chi connectivity index (χ0v) is 17.7. The van der Waals surface area contributed by atoms with Gasteiger partial charge in [-0.2, -0.15) is 0 Å². The topological polar surface area (TPSA) is 107 Å². The maximum absolute atomic E-state index is 12.8. The number of amides is 1. The van der Waals surface area contributed by atoms with Gasteiger partial charge in [-0.15, -0.1) is 0 Å². The molecule has 0 unspecified atom stereocenters. The number of ether oxygens (including phenoxy) is 1. The van der Waals surface area contributed by atoms with Crippen LogP contribution in [0.4, 0.5) is 5.69 Å². The molecule has 3 aromatic rings.